The van der Waals surface area contributed by atoms with Gasteiger partial charge in [0, 0.05) is 31.4 Å². The first-order valence-corrected chi connectivity index (χ1v) is 6.48. The first kappa shape index (κ1) is 14.0. The molecule has 0 spiro atoms. The molecule has 0 atom stereocenters. The maximum atomic E-state index is 13.5. The Bertz CT molecular complexity index is 458. The van der Waals surface area contributed by atoms with E-state index in [-0.39, 0.29) is 11.7 Å². The molecule has 0 radical (unpaired) electrons. The summed E-state index contributed by atoms with van der Waals surface area (Å²) in [6, 6.07) is 5.04. The molecule has 2 rings (SSSR count). The molecule has 1 fully saturated rings. The first-order valence-electron chi connectivity index (χ1n) is 6.48. The Kier molecular flexibility index (Phi) is 4.50. The van der Waals surface area contributed by atoms with Crippen molar-refractivity contribution in [1.29, 1.82) is 5.41 Å². The highest BCUT2D eigenvalue weighted by Crippen LogP contribution is 2.17. The second-order valence-corrected chi connectivity index (χ2v) is 5.02. The predicted molar refractivity (Wildman–Crippen MR) is 72.7 cm³/mol. The lowest BCUT2D eigenvalue weighted by Crippen LogP contribution is -2.36. The second-order valence-electron chi connectivity index (χ2n) is 5.02. The molecule has 1 saturated heterocycles. The fourth-order valence-electron chi connectivity index (χ4n) is 2.44. The Morgan fingerprint density at radius 2 is 2.11 bits per heavy atom. The molecule has 104 valence electrons. The summed E-state index contributed by atoms with van der Waals surface area (Å²) in [6.07, 6.45) is 2.01. The van der Waals surface area contributed by atoms with Gasteiger partial charge in [0.2, 0.25) is 0 Å². The topological polar surface area (TPSA) is 62.3 Å². The zero-order valence-corrected chi connectivity index (χ0v) is 11.2. The van der Waals surface area contributed by atoms with E-state index in [0.29, 0.717) is 18.2 Å². The number of benzene rings is 1. The van der Waals surface area contributed by atoms with Crippen molar-refractivity contribution >= 4 is 5.84 Å². The Morgan fingerprint density at radius 1 is 1.42 bits per heavy atom. The minimum atomic E-state index is -0.344. The standard InChI is InChI=1S/C14H20FN3O/c1-18(13-2-4-19-5-3-13)9-10-6-11(14(16)17)8-12(15)7-10/h6-8,13H,2-5,9H2,1H3,(H3,16,17). The number of amidine groups is 1. The quantitative estimate of drug-likeness (QED) is 0.643. The molecular weight excluding hydrogens is 245 g/mol. The van der Waals surface area contributed by atoms with Crippen molar-refractivity contribution < 1.29 is 9.13 Å². The molecule has 4 nitrogen and oxygen atoms in total. The van der Waals surface area contributed by atoms with Crippen LogP contribution in [-0.4, -0.2) is 37.0 Å². The average Bonchev–Trinajstić information content (AvgIpc) is 2.39. The minimum Gasteiger partial charge on any atom is -0.384 e. The van der Waals surface area contributed by atoms with Crippen molar-refractivity contribution in [3.05, 3.63) is 35.1 Å². The van der Waals surface area contributed by atoms with Crippen molar-refractivity contribution in [2.45, 2.75) is 25.4 Å². The third kappa shape index (κ3) is 3.75. The Hall–Kier alpha value is -1.46. The van der Waals surface area contributed by atoms with E-state index in [2.05, 4.69) is 4.90 Å². The van der Waals surface area contributed by atoms with Crippen LogP contribution in [-0.2, 0) is 11.3 Å². The summed E-state index contributed by atoms with van der Waals surface area (Å²) in [5, 5.41) is 7.39. The number of rotatable bonds is 4. The van der Waals surface area contributed by atoms with Gasteiger partial charge in [-0.2, -0.15) is 0 Å². The van der Waals surface area contributed by atoms with E-state index in [4.69, 9.17) is 15.9 Å². The monoisotopic (exact) mass is 265 g/mol. The van der Waals surface area contributed by atoms with Crippen LogP contribution < -0.4 is 5.73 Å². The summed E-state index contributed by atoms with van der Waals surface area (Å²) in [5.41, 5.74) is 6.70. The van der Waals surface area contributed by atoms with E-state index in [1.807, 2.05) is 7.05 Å². The van der Waals surface area contributed by atoms with Crippen LogP contribution in [0.1, 0.15) is 24.0 Å². The van der Waals surface area contributed by atoms with Crippen molar-refractivity contribution in [3.8, 4) is 0 Å². The number of nitrogen functional groups attached to an aromatic ring is 1. The zero-order chi connectivity index (χ0) is 13.8. The predicted octanol–water partition coefficient (Wildman–Crippen LogP) is 1.72. The molecule has 1 aromatic rings. The molecule has 0 aromatic heterocycles. The fourth-order valence-corrected chi connectivity index (χ4v) is 2.44. The highest BCUT2D eigenvalue weighted by Gasteiger charge is 2.18. The van der Waals surface area contributed by atoms with Crippen LogP contribution >= 0.6 is 0 Å². The highest BCUT2D eigenvalue weighted by molar-refractivity contribution is 5.95. The van der Waals surface area contributed by atoms with Crippen LogP contribution in [0, 0.1) is 11.2 Å². The number of hydrogen-bond acceptors (Lipinski definition) is 3. The molecule has 19 heavy (non-hydrogen) atoms. The molecule has 1 aliphatic heterocycles. The molecule has 0 unspecified atom stereocenters. The first-order chi connectivity index (χ1) is 9.06. The van der Waals surface area contributed by atoms with Crippen LogP contribution in [0.4, 0.5) is 4.39 Å². The third-order valence-corrected chi connectivity index (χ3v) is 3.51. The van der Waals surface area contributed by atoms with E-state index < -0.39 is 0 Å². The highest BCUT2D eigenvalue weighted by atomic mass is 19.1. The van der Waals surface area contributed by atoms with Crippen molar-refractivity contribution in [2.24, 2.45) is 5.73 Å². The summed E-state index contributed by atoms with van der Waals surface area (Å²) in [5.74, 6) is -0.447. The minimum absolute atomic E-state index is 0.102. The van der Waals surface area contributed by atoms with Crippen LogP contribution in [0.5, 0.6) is 0 Å². The van der Waals surface area contributed by atoms with Gasteiger partial charge in [-0.05, 0) is 43.7 Å². The maximum Gasteiger partial charge on any atom is 0.124 e. The second kappa shape index (κ2) is 6.12. The van der Waals surface area contributed by atoms with Gasteiger partial charge in [0.05, 0.1) is 0 Å². The molecule has 0 saturated carbocycles. The van der Waals surface area contributed by atoms with Crippen molar-refractivity contribution in [2.75, 3.05) is 20.3 Å². The Balaban J connectivity index is 2.07. The lowest BCUT2D eigenvalue weighted by Gasteiger charge is -2.31. The van der Waals surface area contributed by atoms with Gasteiger partial charge in [0.1, 0.15) is 11.7 Å². The average molecular weight is 265 g/mol. The van der Waals surface area contributed by atoms with E-state index >= 15 is 0 Å². The van der Waals surface area contributed by atoms with E-state index in [0.717, 1.165) is 31.6 Å². The number of halogens is 1. The largest absolute Gasteiger partial charge is 0.384 e. The van der Waals surface area contributed by atoms with Gasteiger partial charge in [0.15, 0.2) is 0 Å². The molecule has 1 heterocycles. The van der Waals surface area contributed by atoms with Crippen molar-refractivity contribution in [3.63, 3.8) is 0 Å². The van der Waals surface area contributed by atoms with Gasteiger partial charge in [-0.3, -0.25) is 10.3 Å². The van der Waals surface area contributed by atoms with E-state index in [1.165, 1.54) is 12.1 Å². The summed E-state index contributed by atoms with van der Waals surface area (Å²) in [7, 11) is 2.04. The number of nitrogens with zero attached hydrogens (tertiary/aromatic N) is 1. The van der Waals surface area contributed by atoms with Gasteiger partial charge in [-0.25, -0.2) is 4.39 Å². The van der Waals surface area contributed by atoms with Crippen LogP contribution in [0.15, 0.2) is 18.2 Å². The summed E-state index contributed by atoms with van der Waals surface area (Å²) in [4.78, 5) is 2.21. The van der Waals surface area contributed by atoms with Gasteiger partial charge in [-0.15, -0.1) is 0 Å². The molecule has 0 amide bonds. The zero-order valence-electron chi connectivity index (χ0n) is 11.2. The smallest absolute Gasteiger partial charge is 0.124 e. The summed E-state index contributed by atoms with van der Waals surface area (Å²) < 4.78 is 18.8. The van der Waals surface area contributed by atoms with E-state index in [9.17, 15) is 4.39 Å². The lowest BCUT2D eigenvalue weighted by molar-refractivity contribution is 0.0406. The SMILES string of the molecule is CN(Cc1cc(F)cc(C(=N)N)c1)C1CCOCC1. The molecular formula is C14H20FN3O. The van der Waals surface area contributed by atoms with Crippen LogP contribution in [0.3, 0.4) is 0 Å². The van der Waals surface area contributed by atoms with Gasteiger partial charge in [0.25, 0.3) is 0 Å². The Labute approximate surface area is 112 Å². The fraction of sp³-hybridized carbons (Fsp3) is 0.500. The van der Waals surface area contributed by atoms with Crippen LogP contribution in [0.2, 0.25) is 0 Å². The molecule has 3 N–H and O–H groups in total. The molecule has 0 aliphatic carbocycles. The van der Waals surface area contributed by atoms with Gasteiger partial charge in [-0.1, -0.05) is 0 Å². The Morgan fingerprint density at radius 3 is 2.74 bits per heavy atom. The van der Waals surface area contributed by atoms with Gasteiger partial charge < -0.3 is 10.5 Å². The molecule has 1 aliphatic rings. The summed E-state index contributed by atoms with van der Waals surface area (Å²) >= 11 is 0. The van der Waals surface area contributed by atoms with Crippen LogP contribution in [0.25, 0.3) is 0 Å². The van der Waals surface area contributed by atoms with Crippen molar-refractivity contribution in [1.82, 2.24) is 4.90 Å². The normalized spacial score (nSPS) is 16.8. The third-order valence-electron chi connectivity index (χ3n) is 3.51. The van der Waals surface area contributed by atoms with Gasteiger partial charge >= 0.3 is 0 Å². The molecule has 5 heteroatoms. The number of hydrogen-bond donors (Lipinski definition) is 2. The van der Waals surface area contributed by atoms with E-state index in [1.54, 1.807) is 6.07 Å². The maximum absolute atomic E-state index is 13.5. The molecule has 0 bridgehead atoms. The number of nitrogens with one attached hydrogen (secondary N) is 1. The molecule has 1 aromatic carbocycles. The summed E-state index contributed by atoms with van der Waals surface area (Å²) in [6.45, 7) is 2.23. The number of ether oxygens (including phenoxy) is 1. The number of nitrogens with two attached hydrogens (primary N) is 1. The lowest BCUT2D eigenvalue weighted by atomic mass is 10.1.